The molecule has 0 atom stereocenters. The average Bonchev–Trinajstić information content (AvgIpc) is 3.02. The van der Waals surface area contributed by atoms with Crippen molar-refractivity contribution in [2.24, 2.45) is 7.05 Å². The normalized spacial score (nSPS) is 11.2. The quantitative estimate of drug-likeness (QED) is 0.604. The molecular weight excluding hydrogens is 324 g/mol. The van der Waals surface area contributed by atoms with Crippen LogP contribution in [0.1, 0.15) is 0 Å². The molecule has 0 saturated carbocycles. The highest BCUT2D eigenvalue weighted by molar-refractivity contribution is 6.03. The number of aromatic nitrogens is 3. The van der Waals surface area contributed by atoms with Crippen LogP contribution in [0.5, 0.6) is 0 Å². The van der Waals surface area contributed by atoms with E-state index in [1.807, 2.05) is 0 Å². The zero-order valence-electron chi connectivity index (χ0n) is 13.3. The first-order valence-electron chi connectivity index (χ1n) is 7.63. The third kappa shape index (κ3) is 2.42. The standard InChI is InChI=1S/C19H13F2N3O/c1-24-9-6-15-17(19(24)25)16(12-2-3-13(20)14(21)10-12)18(23-15)11-4-7-22-8-5-11/h2-10,23H,1H3. The Balaban J connectivity index is 2.14. The van der Waals surface area contributed by atoms with Gasteiger partial charge in [-0.05, 0) is 35.9 Å². The Hall–Kier alpha value is -3.28. The number of fused-ring (bicyclic) bond motifs is 1. The second kappa shape index (κ2) is 5.66. The van der Waals surface area contributed by atoms with Crippen molar-refractivity contribution in [2.75, 3.05) is 0 Å². The van der Waals surface area contributed by atoms with Crippen LogP contribution in [0.3, 0.4) is 0 Å². The van der Waals surface area contributed by atoms with Crippen LogP contribution in [0.2, 0.25) is 0 Å². The van der Waals surface area contributed by atoms with Crippen LogP contribution >= 0.6 is 0 Å². The molecule has 25 heavy (non-hydrogen) atoms. The van der Waals surface area contributed by atoms with Gasteiger partial charge in [-0.1, -0.05) is 6.07 Å². The molecule has 124 valence electrons. The molecule has 0 radical (unpaired) electrons. The molecule has 1 aromatic carbocycles. The van der Waals surface area contributed by atoms with Crippen LogP contribution in [0.25, 0.3) is 33.3 Å². The van der Waals surface area contributed by atoms with E-state index in [0.29, 0.717) is 27.7 Å². The zero-order chi connectivity index (χ0) is 17.6. The fourth-order valence-corrected chi connectivity index (χ4v) is 2.97. The maximum Gasteiger partial charge on any atom is 0.260 e. The molecule has 4 aromatic rings. The first kappa shape index (κ1) is 15.3. The summed E-state index contributed by atoms with van der Waals surface area (Å²) in [5.74, 6) is -1.89. The summed E-state index contributed by atoms with van der Waals surface area (Å²) >= 11 is 0. The van der Waals surface area contributed by atoms with Crippen molar-refractivity contribution in [3.8, 4) is 22.4 Å². The van der Waals surface area contributed by atoms with E-state index >= 15 is 0 Å². The molecule has 4 rings (SSSR count). The van der Waals surface area contributed by atoms with E-state index in [9.17, 15) is 13.6 Å². The molecule has 0 unspecified atom stereocenters. The third-order valence-electron chi connectivity index (χ3n) is 4.21. The van der Waals surface area contributed by atoms with Crippen LogP contribution in [0.15, 0.2) is 59.8 Å². The smallest absolute Gasteiger partial charge is 0.260 e. The molecule has 0 aliphatic heterocycles. The minimum atomic E-state index is -0.958. The van der Waals surface area contributed by atoms with Gasteiger partial charge >= 0.3 is 0 Å². The predicted molar refractivity (Wildman–Crippen MR) is 92.1 cm³/mol. The molecule has 0 aliphatic carbocycles. The van der Waals surface area contributed by atoms with Gasteiger partial charge in [0.25, 0.3) is 5.56 Å². The summed E-state index contributed by atoms with van der Waals surface area (Å²) in [5.41, 5.74) is 2.85. The number of pyridine rings is 2. The summed E-state index contributed by atoms with van der Waals surface area (Å²) < 4.78 is 28.6. The van der Waals surface area contributed by atoms with Crippen molar-refractivity contribution in [3.63, 3.8) is 0 Å². The molecule has 0 bridgehead atoms. The third-order valence-corrected chi connectivity index (χ3v) is 4.21. The number of rotatable bonds is 2. The number of nitrogens with one attached hydrogen (secondary N) is 1. The predicted octanol–water partition coefficient (Wildman–Crippen LogP) is 3.87. The minimum absolute atomic E-state index is 0.214. The molecule has 4 nitrogen and oxygen atoms in total. The molecule has 0 saturated heterocycles. The number of aryl methyl sites for hydroxylation is 1. The average molecular weight is 337 g/mol. The number of hydrogen-bond donors (Lipinski definition) is 1. The molecule has 6 heteroatoms. The molecule has 1 N–H and O–H groups in total. The number of aromatic amines is 1. The lowest BCUT2D eigenvalue weighted by atomic mass is 9.99. The summed E-state index contributed by atoms with van der Waals surface area (Å²) in [6.07, 6.45) is 4.93. The monoisotopic (exact) mass is 337 g/mol. The summed E-state index contributed by atoms with van der Waals surface area (Å²) in [7, 11) is 1.65. The van der Waals surface area contributed by atoms with Crippen LogP contribution in [0.4, 0.5) is 8.78 Å². The van der Waals surface area contributed by atoms with Crippen molar-refractivity contribution < 1.29 is 8.78 Å². The zero-order valence-corrected chi connectivity index (χ0v) is 13.3. The molecule has 3 aromatic heterocycles. The van der Waals surface area contributed by atoms with Crippen molar-refractivity contribution in [2.45, 2.75) is 0 Å². The lowest BCUT2D eigenvalue weighted by Crippen LogP contribution is -2.15. The fourth-order valence-electron chi connectivity index (χ4n) is 2.97. The lowest BCUT2D eigenvalue weighted by molar-refractivity contribution is 0.509. The van der Waals surface area contributed by atoms with Gasteiger partial charge in [0, 0.05) is 36.8 Å². The largest absolute Gasteiger partial charge is 0.354 e. The highest BCUT2D eigenvalue weighted by Gasteiger charge is 2.19. The van der Waals surface area contributed by atoms with Gasteiger partial charge in [-0.15, -0.1) is 0 Å². The minimum Gasteiger partial charge on any atom is -0.354 e. The Morgan fingerprint density at radius 3 is 2.48 bits per heavy atom. The van der Waals surface area contributed by atoms with Crippen LogP contribution < -0.4 is 5.56 Å². The second-order valence-electron chi connectivity index (χ2n) is 5.76. The Labute approximate surface area is 141 Å². The first-order valence-corrected chi connectivity index (χ1v) is 7.63. The van der Waals surface area contributed by atoms with Gasteiger partial charge in [0.1, 0.15) is 0 Å². The molecule has 0 fully saturated rings. The van der Waals surface area contributed by atoms with Crippen molar-refractivity contribution in [1.29, 1.82) is 0 Å². The van der Waals surface area contributed by atoms with Crippen LogP contribution in [-0.2, 0) is 7.05 Å². The van der Waals surface area contributed by atoms with Gasteiger partial charge in [-0.3, -0.25) is 9.78 Å². The SMILES string of the molecule is Cn1ccc2[nH]c(-c3ccncc3)c(-c3ccc(F)c(F)c3)c2c1=O. The molecule has 0 amide bonds. The summed E-state index contributed by atoms with van der Waals surface area (Å²) in [4.78, 5) is 19.9. The fraction of sp³-hybridized carbons (Fsp3) is 0.0526. The van der Waals surface area contributed by atoms with E-state index in [0.717, 1.165) is 17.7 Å². The number of halogens is 2. The maximum absolute atomic E-state index is 13.8. The van der Waals surface area contributed by atoms with Gasteiger partial charge in [0.15, 0.2) is 11.6 Å². The topological polar surface area (TPSA) is 50.7 Å². The van der Waals surface area contributed by atoms with Gasteiger partial charge in [-0.25, -0.2) is 8.78 Å². The van der Waals surface area contributed by atoms with Crippen molar-refractivity contribution >= 4 is 10.9 Å². The molecular formula is C19H13F2N3O. The Morgan fingerprint density at radius 2 is 1.76 bits per heavy atom. The summed E-state index contributed by atoms with van der Waals surface area (Å²) in [5, 5.41) is 0.433. The van der Waals surface area contributed by atoms with Crippen LogP contribution in [0, 0.1) is 11.6 Å². The Bertz CT molecular complexity index is 1150. The van der Waals surface area contributed by atoms with Gasteiger partial charge < -0.3 is 9.55 Å². The van der Waals surface area contributed by atoms with Crippen molar-refractivity contribution in [1.82, 2.24) is 14.5 Å². The first-order chi connectivity index (χ1) is 12.1. The highest BCUT2D eigenvalue weighted by atomic mass is 19.2. The van der Waals surface area contributed by atoms with E-state index < -0.39 is 11.6 Å². The van der Waals surface area contributed by atoms with E-state index in [1.165, 1.54) is 10.6 Å². The van der Waals surface area contributed by atoms with Gasteiger partial charge in [0.2, 0.25) is 0 Å². The van der Waals surface area contributed by atoms with E-state index in [4.69, 9.17) is 0 Å². The van der Waals surface area contributed by atoms with E-state index in [-0.39, 0.29) is 5.56 Å². The molecule has 0 spiro atoms. The van der Waals surface area contributed by atoms with Crippen LogP contribution in [-0.4, -0.2) is 14.5 Å². The summed E-state index contributed by atoms with van der Waals surface area (Å²) in [6, 6.07) is 9.00. The molecule has 0 aliphatic rings. The number of nitrogens with zero attached hydrogens (tertiary/aromatic N) is 2. The Morgan fingerprint density at radius 1 is 1.00 bits per heavy atom. The summed E-state index contributed by atoms with van der Waals surface area (Å²) in [6.45, 7) is 0. The number of hydrogen-bond acceptors (Lipinski definition) is 2. The second-order valence-corrected chi connectivity index (χ2v) is 5.76. The molecule has 3 heterocycles. The highest BCUT2D eigenvalue weighted by Crippen LogP contribution is 2.37. The van der Waals surface area contributed by atoms with Crippen molar-refractivity contribution in [3.05, 3.63) is 77.0 Å². The van der Waals surface area contributed by atoms with Gasteiger partial charge in [0.05, 0.1) is 16.6 Å². The maximum atomic E-state index is 13.8. The van der Waals surface area contributed by atoms with Gasteiger partial charge in [-0.2, -0.15) is 0 Å². The van der Waals surface area contributed by atoms with E-state index in [1.54, 1.807) is 43.8 Å². The lowest BCUT2D eigenvalue weighted by Gasteiger charge is -2.06. The number of H-pyrrole nitrogens is 1. The Kier molecular flexibility index (Phi) is 3.46. The van der Waals surface area contributed by atoms with E-state index in [2.05, 4.69) is 9.97 Å². The number of benzene rings is 1.